The molecule has 0 spiro atoms. The summed E-state index contributed by atoms with van der Waals surface area (Å²) >= 11 is 0. The van der Waals surface area contributed by atoms with Crippen LogP contribution in [-0.4, -0.2) is 41.8 Å². The van der Waals surface area contributed by atoms with Crippen LogP contribution >= 0.6 is 0 Å². The molecule has 1 saturated heterocycles. The monoisotopic (exact) mass is 250 g/mol. The van der Waals surface area contributed by atoms with Gasteiger partial charge in [-0.05, 0) is 27.7 Å². The number of rotatable bonds is 3. The first-order chi connectivity index (χ1) is 8.53. The van der Waals surface area contributed by atoms with Crippen LogP contribution in [0.15, 0.2) is 6.07 Å². The summed E-state index contributed by atoms with van der Waals surface area (Å²) in [6, 6.07) is 2.02. The molecule has 1 fully saturated rings. The smallest absolute Gasteiger partial charge is 0.134 e. The Labute approximate surface area is 109 Å². The van der Waals surface area contributed by atoms with Crippen molar-refractivity contribution in [3.63, 3.8) is 0 Å². The molecular weight excluding hydrogens is 228 g/mol. The van der Waals surface area contributed by atoms with Crippen LogP contribution in [0, 0.1) is 6.92 Å². The molecule has 0 atom stereocenters. The Morgan fingerprint density at radius 2 is 2.22 bits per heavy atom. The zero-order valence-electron chi connectivity index (χ0n) is 11.7. The molecule has 1 N–H and O–H groups in total. The summed E-state index contributed by atoms with van der Waals surface area (Å²) in [6.45, 7) is 11.6. The van der Waals surface area contributed by atoms with Crippen LogP contribution in [0.3, 0.4) is 0 Å². The topological polar surface area (TPSA) is 50.3 Å². The Morgan fingerprint density at radius 1 is 1.44 bits per heavy atom. The van der Waals surface area contributed by atoms with Crippen molar-refractivity contribution in [2.24, 2.45) is 0 Å². The van der Waals surface area contributed by atoms with E-state index < -0.39 is 0 Å². The Balaban J connectivity index is 2.31. The number of morpholine rings is 1. The van der Waals surface area contributed by atoms with Crippen molar-refractivity contribution in [2.75, 3.05) is 36.5 Å². The molecule has 1 aromatic rings. The van der Waals surface area contributed by atoms with E-state index in [0.29, 0.717) is 0 Å². The van der Waals surface area contributed by atoms with E-state index >= 15 is 0 Å². The molecule has 1 aliphatic rings. The maximum atomic E-state index is 5.54. The van der Waals surface area contributed by atoms with E-state index in [9.17, 15) is 0 Å². The normalized spacial score (nSPS) is 18.8. The van der Waals surface area contributed by atoms with Crippen LogP contribution in [0.2, 0.25) is 0 Å². The largest absolute Gasteiger partial charge is 0.377 e. The molecule has 1 aliphatic heterocycles. The number of nitrogens with zero attached hydrogens (tertiary/aromatic N) is 3. The minimum Gasteiger partial charge on any atom is -0.377 e. The number of hydrogen-bond acceptors (Lipinski definition) is 5. The van der Waals surface area contributed by atoms with Gasteiger partial charge in [0.2, 0.25) is 0 Å². The fraction of sp³-hybridized carbons (Fsp3) is 0.692. The Kier molecular flexibility index (Phi) is 3.71. The van der Waals surface area contributed by atoms with Gasteiger partial charge < -0.3 is 15.0 Å². The summed E-state index contributed by atoms with van der Waals surface area (Å²) in [5.41, 5.74) is -0.0253. The maximum absolute atomic E-state index is 5.54. The molecule has 0 unspecified atom stereocenters. The molecule has 0 bridgehead atoms. The van der Waals surface area contributed by atoms with Crippen molar-refractivity contribution in [1.82, 2.24) is 9.97 Å². The molecular formula is C13H22N4O. The number of aromatic nitrogens is 2. The quantitative estimate of drug-likeness (QED) is 0.887. The van der Waals surface area contributed by atoms with E-state index in [1.165, 1.54) is 0 Å². The average molecular weight is 250 g/mol. The molecule has 2 rings (SSSR count). The Bertz CT molecular complexity index is 419. The second kappa shape index (κ2) is 5.10. The highest BCUT2D eigenvalue weighted by atomic mass is 16.5. The predicted octanol–water partition coefficient (Wildman–Crippen LogP) is 1.83. The number of nitrogens with one attached hydrogen (secondary N) is 1. The lowest BCUT2D eigenvalue weighted by molar-refractivity contribution is 0.0639. The number of hydrogen-bond donors (Lipinski definition) is 1. The first-order valence-electron chi connectivity index (χ1n) is 6.48. The molecule has 18 heavy (non-hydrogen) atoms. The van der Waals surface area contributed by atoms with Crippen LogP contribution < -0.4 is 10.2 Å². The number of anilines is 2. The molecule has 0 amide bonds. The maximum Gasteiger partial charge on any atom is 0.134 e. The summed E-state index contributed by atoms with van der Waals surface area (Å²) in [7, 11) is 0. The van der Waals surface area contributed by atoms with Gasteiger partial charge in [-0.1, -0.05) is 0 Å². The van der Waals surface area contributed by atoms with Gasteiger partial charge in [0, 0.05) is 19.2 Å². The van der Waals surface area contributed by atoms with E-state index in [1.807, 2.05) is 13.0 Å². The molecule has 100 valence electrons. The van der Waals surface area contributed by atoms with Crippen molar-refractivity contribution in [1.29, 1.82) is 0 Å². The standard InChI is InChI=1S/C13H22N4O/c1-5-14-11-8-12(16-10(2)15-11)17-6-7-18-9-13(17,3)4/h8H,5-7,9H2,1-4H3,(H,14,15,16). The summed E-state index contributed by atoms with van der Waals surface area (Å²) in [5, 5.41) is 3.25. The Hall–Kier alpha value is -1.36. The SMILES string of the molecule is CCNc1cc(N2CCOCC2(C)C)nc(C)n1. The number of ether oxygens (including phenoxy) is 1. The van der Waals surface area contributed by atoms with E-state index in [4.69, 9.17) is 4.74 Å². The average Bonchev–Trinajstić information content (AvgIpc) is 2.27. The molecule has 0 aliphatic carbocycles. The summed E-state index contributed by atoms with van der Waals surface area (Å²) in [5.74, 6) is 2.67. The van der Waals surface area contributed by atoms with Gasteiger partial charge in [-0.3, -0.25) is 0 Å². The lowest BCUT2D eigenvalue weighted by atomic mass is 10.0. The third kappa shape index (κ3) is 2.72. The van der Waals surface area contributed by atoms with Crippen LogP contribution in [0.4, 0.5) is 11.6 Å². The first-order valence-corrected chi connectivity index (χ1v) is 6.48. The fourth-order valence-corrected chi connectivity index (χ4v) is 2.24. The summed E-state index contributed by atoms with van der Waals surface area (Å²) < 4.78 is 5.54. The van der Waals surface area contributed by atoms with E-state index in [2.05, 4.69) is 41.0 Å². The van der Waals surface area contributed by atoms with Gasteiger partial charge in [-0.2, -0.15) is 0 Å². The molecule has 0 radical (unpaired) electrons. The van der Waals surface area contributed by atoms with Gasteiger partial charge in [-0.15, -0.1) is 0 Å². The minimum atomic E-state index is -0.0253. The second-order valence-corrected chi connectivity index (χ2v) is 5.21. The van der Waals surface area contributed by atoms with Crippen molar-refractivity contribution < 1.29 is 4.74 Å². The zero-order valence-corrected chi connectivity index (χ0v) is 11.7. The van der Waals surface area contributed by atoms with Crippen molar-refractivity contribution in [3.8, 4) is 0 Å². The lowest BCUT2D eigenvalue weighted by Gasteiger charge is -2.43. The van der Waals surface area contributed by atoms with Gasteiger partial charge in [-0.25, -0.2) is 9.97 Å². The lowest BCUT2D eigenvalue weighted by Crippen LogP contribution is -2.53. The van der Waals surface area contributed by atoms with E-state index in [-0.39, 0.29) is 5.54 Å². The minimum absolute atomic E-state index is 0.0253. The van der Waals surface area contributed by atoms with Crippen LogP contribution in [0.25, 0.3) is 0 Å². The third-order valence-corrected chi connectivity index (χ3v) is 3.10. The molecule has 5 nitrogen and oxygen atoms in total. The first kappa shape index (κ1) is 13.1. The van der Waals surface area contributed by atoms with Crippen LogP contribution in [-0.2, 0) is 4.74 Å². The van der Waals surface area contributed by atoms with Gasteiger partial charge >= 0.3 is 0 Å². The molecule has 0 aromatic carbocycles. The van der Waals surface area contributed by atoms with Gasteiger partial charge in [0.1, 0.15) is 17.5 Å². The van der Waals surface area contributed by atoms with Gasteiger partial charge in [0.05, 0.1) is 18.8 Å². The van der Waals surface area contributed by atoms with E-state index in [0.717, 1.165) is 43.8 Å². The van der Waals surface area contributed by atoms with Gasteiger partial charge in [0.15, 0.2) is 0 Å². The van der Waals surface area contributed by atoms with Crippen molar-refractivity contribution in [3.05, 3.63) is 11.9 Å². The van der Waals surface area contributed by atoms with Gasteiger partial charge in [0.25, 0.3) is 0 Å². The number of aryl methyl sites for hydroxylation is 1. The third-order valence-electron chi connectivity index (χ3n) is 3.10. The zero-order chi connectivity index (χ0) is 13.2. The fourth-order valence-electron chi connectivity index (χ4n) is 2.24. The van der Waals surface area contributed by atoms with Crippen molar-refractivity contribution >= 4 is 11.6 Å². The highest BCUT2D eigenvalue weighted by Crippen LogP contribution is 2.26. The van der Waals surface area contributed by atoms with Crippen LogP contribution in [0.1, 0.15) is 26.6 Å². The highest BCUT2D eigenvalue weighted by Gasteiger charge is 2.31. The van der Waals surface area contributed by atoms with Crippen LogP contribution in [0.5, 0.6) is 0 Å². The van der Waals surface area contributed by atoms with E-state index in [1.54, 1.807) is 0 Å². The molecule has 2 heterocycles. The molecule has 1 aromatic heterocycles. The molecule has 5 heteroatoms. The highest BCUT2D eigenvalue weighted by molar-refractivity contribution is 5.51. The molecule has 0 saturated carbocycles. The summed E-state index contributed by atoms with van der Waals surface area (Å²) in [6.07, 6.45) is 0. The Morgan fingerprint density at radius 3 is 2.89 bits per heavy atom. The predicted molar refractivity (Wildman–Crippen MR) is 73.2 cm³/mol. The second-order valence-electron chi connectivity index (χ2n) is 5.21. The van der Waals surface area contributed by atoms with Crippen molar-refractivity contribution in [2.45, 2.75) is 33.2 Å². The summed E-state index contributed by atoms with van der Waals surface area (Å²) in [4.78, 5) is 11.2.